The first-order valence-electron chi connectivity index (χ1n) is 10.6. The highest BCUT2D eigenvalue weighted by atomic mass is 32.1. The van der Waals surface area contributed by atoms with Crippen molar-refractivity contribution in [3.05, 3.63) is 89.4 Å². The van der Waals surface area contributed by atoms with Gasteiger partial charge in [0.15, 0.2) is 0 Å². The number of nitrogens with zero attached hydrogens (tertiary/aromatic N) is 3. The van der Waals surface area contributed by atoms with Gasteiger partial charge in [-0.25, -0.2) is 9.97 Å². The fourth-order valence-electron chi connectivity index (χ4n) is 3.82. The number of aromatic nitrogens is 3. The second-order valence-corrected chi connectivity index (χ2v) is 8.75. The average Bonchev–Trinajstić information content (AvgIpc) is 3.44. The number of aryl methyl sites for hydroxylation is 1. The molecule has 5 aromatic rings. The SMILES string of the molecule is Cc1cccc(-c2nc(CC(=O)Nc3ccc(-c4nc5ccccc5n4C(F)F)cc3)cs2)c1. The van der Waals surface area contributed by atoms with E-state index >= 15 is 0 Å². The molecule has 1 amide bonds. The molecule has 0 unspecified atom stereocenters. The van der Waals surface area contributed by atoms with Gasteiger partial charge in [0.25, 0.3) is 0 Å². The average molecular weight is 475 g/mol. The molecule has 2 aromatic heterocycles. The zero-order valence-corrected chi connectivity index (χ0v) is 19.0. The van der Waals surface area contributed by atoms with Crippen molar-refractivity contribution in [2.75, 3.05) is 5.32 Å². The van der Waals surface area contributed by atoms with Crippen LogP contribution in [0.2, 0.25) is 0 Å². The molecule has 0 atom stereocenters. The van der Waals surface area contributed by atoms with Gasteiger partial charge in [-0.3, -0.25) is 9.36 Å². The van der Waals surface area contributed by atoms with Crippen molar-refractivity contribution >= 4 is 34.0 Å². The summed E-state index contributed by atoms with van der Waals surface area (Å²) < 4.78 is 28.4. The normalized spacial score (nSPS) is 11.3. The first-order valence-corrected chi connectivity index (χ1v) is 11.5. The number of imidazole rings is 1. The van der Waals surface area contributed by atoms with Gasteiger partial charge in [0.05, 0.1) is 23.1 Å². The van der Waals surface area contributed by atoms with Crippen LogP contribution in [0.1, 0.15) is 17.8 Å². The van der Waals surface area contributed by atoms with E-state index < -0.39 is 6.55 Å². The van der Waals surface area contributed by atoms with Crippen molar-refractivity contribution in [2.45, 2.75) is 19.9 Å². The molecule has 8 heteroatoms. The van der Waals surface area contributed by atoms with Gasteiger partial charge in [-0.05, 0) is 49.4 Å². The predicted molar refractivity (Wildman–Crippen MR) is 131 cm³/mol. The molecule has 0 saturated carbocycles. The number of thiazole rings is 1. The van der Waals surface area contributed by atoms with E-state index in [-0.39, 0.29) is 18.2 Å². The molecule has 0 saturated heterocycles. The van der Waals surface area contributed by atoms with E-state index in [1.165, 1.54) is 11.3 Å². The van der Waals surface area contributed by atoms with Gasteiger partial charge in [-0.1, -0.05) is 35.9 Å². The number of benzene rings is 3. The van der Waals surface area contributed by atoms with Gasteiger partial charge in [0, 0.05) is 22.2 Å². The van der Waals surface area contributed by atoms with Crippen LogP contribution in [-0.4, -0.2) is 20.4 Å². The van der Waals surface area contributed by atoms with Crippen molar-refractivity contribution in [3.8, 4) is 22.0 Å². The zero-order chi connectivity index (χ0) is 23.7. The standard InChI is InChI=1S/C26H20F2N4OS/c1-16-5-4-6-18(13-16)25-30-20(15-34-25)14-23(33)29-19-11-9-17(10-12-19)24-31-21-7-2-3-8-22(21)32(24)26(27)28/h2-13,15,26H,14H2,1H3,(H,29,33). The largest absolute Gasteiger partial charge is 0.326 e. The summed E-state index contributed by atoms with van der Waals surface area (Å²) >= 11 is 1.50. The number of anilines is 1. The van der Waals surface area contributed by atoms with E-state index in [2.05, 4.69) is 21.4 Å². The number of halogens is 2. The molecule has 0 bridgehead atoms. The molecule has 0 aliphatic rings. The van der Waals surface area contributed by atoms with E-state index in [4.69, 9.17) is 0 Å². The van der Waals surface area contributed by atoms with Crippen molar-refractivity contribution in [3.63, 3.8) is 0 Å². The summed E-state index contributed by atoms with van der Waals surface area (Å²) in [7, 11) is 0. The summed E-state index contributed by atoms with van der Waals surface area (Å²) in [4.78, 5) is 21.5. The lowest BCUT2D eigenvalue weighted by molar-refractivity contribution is -0.115. The van der Waals surface area contributed by atoms with Crippen LogP contribution in [0.15, 0.2) is 78.2 Å². The van der Waals surface area contributed by atoms with Crippen LogP contribution in [-0.2, 0) is 11.2 Å². The number of carbonyl (C=O) groups is 1. The number of hydrogen-bond donors (Lipinski definition) is 1. The van der Waals surface area contributed by atoms with E-state index in [1.54, 1.807) is 48.5 Å². The molecule has 2 heterocycles. The van der Waals surface area contributed by atoms with Crippen LogP contribution in [0, 0.1) is 6.92 Å². The van der Waals surface area contributed by atoms with E-state index in [1.807, 2.05) is 30.5 Å². The molecule has 3 aromatic carbocycles. The minimum absolute atomic E-state index is 0.144. The molecular weight excluding hydrogens is 454 g/mol. The Labute approximate surface area is 198 Å². The van der Waals surface area contributed by atoms with Crippen LogP contribution >= 0.6 is 11.3 Å². The number of amides is 1. The molecule has 170 valence electrons. The number of fused-ring (bicyclic) bond motifs is 1. The van der Waals surface area contributed by atoms with E-state index in [0.29, 0.717) is 28.0 Å². The Hall–Kier alpha value is -3.91. The summed E-state index contributed by atoms with van der Waals surface area (Å²) in [5.41, 5.74) is 4.86. The third-order valence-electron chi connectivity index (χ3n) is 5.38. The predicted octanol–water partition coefficient (Wildman–Crippen LogP) is 6.71. The van der Waals surface area contributed by atoms with Crippen LogP contribution in [0.3, 0.4) is 0 Å². The van der Waals surface area contributed by atoms with Gasteiger partial charge in [0.2, 0.25) is 5.91 Å². The molecule has 1 N–H and O–H groups in total. The smallest absolute Gasteiger partial charge is 0.320 e. The van der Waals surface area contributed by atoms with Crippen LogP contribution < -0.4 is 5.32 Å². The second kappa shape index (κ2) is 9.15. The lowest BCUT2D eigenvalue weighted by atomic mass is 10.1. The van der Waals surface area contributed by atoms with Crippen molar-refractivity contribution in [1.82, 2.24) is 14.5 Å². The Morgan fingerprint density at radius 2 is 1.79 bits per heavy atom. The van der Waals surface area contributed by atoms with Crippen molar-refractivity contribution in [1.29, 1.82) is 0 Å². The maximum Gasteiger partial charge on any atom is 0.320 e. The minimum Gasteiger partial charge on any atom is -0.326 e. The highest BCUT2D eigenvalue weighted by molar-refractivity contribution is 7.13. The number of para-hydroxylation sites is 2. The summed E-state index contributed by atoms with van der Waals surface area (Å²) in [5, 5.41) is 5.60. The Morgan fingerprint density at radius 3 is 2.56 bits per heavy atom. The molecule has 34 heavy (non-hydrogen) atoms. The first kappa shape index (κ1) is 21.9. The summed E-state index contributed by atoms with van der Waals surface area (Å²) in [6.45, 7) is -0.690. The number of rotatable bonds is 6. The van der Waals surface area contributed by atoms with Crippen molar-refractivity contribution in [2.24, 2.45) is 0 Å². The van der Waals surface area contributed by atoms with Crippen LogP contribution in [0.25, 0.3) is 33.0 Å². The van der Waals surface area contributed by atoms with Gasteiger partial charge < -0.3 is 5.32 Å². The molecule has 5 nitrogen and oxygen atoms in total. The van der Waals surface area contributed by atoms with Crippen LogP contribution in [0.4, 0.5) is 14.5 Å². The van der Waals surface area contributed by atoms with Gasteiger partial charge in [-0.2, -0.15) is 8.78 Å². The number of nitrogens with one attached hydrogen (secondary N) is 1. The third-order valence-corrected chi connectivity index (χ3v) is 6.32. The summed E-state index contributed by atoms with van der Waals surface area (Å²) in [5.74, 6) is -0.0195. The Kier molecular flexibility index (Phi) is 5.90. The fourth-order valence-corrected chi connectivity index (χ4v) is 4.63. The van der Waals surface area contributed by atoms with Gasteiger partial charge in [0.1, 0.15) is 10.8 Å². The maximum absolute atomic E-state index is 13.7. The maximum atomic E-state index is 13.7. The molecule has 0 radical (unpaired) electrons. The number of hydrogen-bond acceptors (Lipinski definition) is 4. The first-order chi connectivity index (χ1) is 16.5. The third kappa shape index (κ3) is 4.45. The minimum atomic E-state index is -2.72. The summed E-state index contributed by atoms with van der Waals surface area (Å²) in [6, 6.07) is 21.6. The number of alkyl halides is 2. The summed E-state index contributed by atoms with van der Waals surface area (Å²) in [6.07, 6.45) is 0.144. The van der Waals surface area contributed by atoms with E-state index in [9.17, 15) is 13.6 Å². The Bertz CT molecular complexity index is 1470. The topological polar surface area (TPSA) is 59.8 Å². The molecular formula is C26H20F2N4OS. The molecule has 0 aliphatic carbocycles. The molecule has 0 fully saturated rings. The molecule has 5 rings (SSSR count). The molecule has 0 aliphatic heterocycles. The zero-order valence-electron chi connectivity index (χ0n) is 18.2. The van der Waals surface area contributed by atoms with E-state index in [0.717, 1.165) is 20.7 Å². The van der Waals surface area contributed by atoms with Gasteiger partial charge in [-0.15, -0.1) is 11.3 Å². The Morgan fingerprint density at radius 1 is 1.00 bits per heavy atom. The highest BCUT2D eigenvalue weighted by Gasteiger charge is 2.19. The van der Waals surface area contributed by atoms with Crippen LogP contribution in [0.5, 0.6) is 0 Å². The van der Waals surface area contributed by atoms with Crippen molar-refractivity contribution < 1.29 is 13.6 Å². The quantitative estimate of drug-likeness (QED) is 0.297. The van der Waals surface area contributed by atoms with Gasteiger partial charge >= 0.3 is 6.55 Å². The lowest BCUT2D eigenvalue weighted by Crippen LogP contribution is -2.14. The highest BCUT2D eigenvalue weighted by Crippen LogP contribution is 2.30. The fraction of sp³-hybridized carbons (Fsp3) is 0.115. The second-order valence-electron chi connectivity index (χ2n) is 7.89. The molecule has 0 spiro atoms. The number of carbonyl (C=O) groups excluding carboxylic acids is 1. The Balaban J connectivity index is 1.29. The lowest BCUT2D eigenvalue weighted by Gasteiger charge is -2.09. The monoisotopic (exact) mass is 474 g/mol.